The van der Waals surface area contributed by atoms with Crippen LogP contribution in [0.25, 0.3) is 33.4 Å². The fourth-order valence-electron chi connectivity index (χ4n) is 4.19. The minimum Gasteiger partial charge on any atom is -0.444 e. The smallest absolute Gasteiger partial charge is 0.410 e. The molecule has 0 saturated heterocycles. The van der Waals surface area contributed by atoms with Crippen LogP contribution in [-0.4, -0.2) is 48.8 Å². The maximum atomic E-state index is 13.0. The summed E-state index contributed by atoms with van der Waals surface area (Å²) in [7, 11) is 1.90. The van der Waals surface area contributed by atoms with Gasteiger partial charge in [0, 0.05) is 43.4 Å². The third-order valence-corrected chi connectivity index (χ3v) is 5.93. The topological polar surface area (TPSA) is 81.7 Å². The number of amides is 1. The van der Waals surface area contributed by atoms with Crippen molar-refractivity contribution in [2.45, 2.75) is 32.8 Å². The lowest BCUT2D eigenvalue weighted by atomic mass is 10.0. The van der Waals surface area contributed by atoms with Crippen LogP contribution in [0.2, 0.25) is 0 Å². The summed E-state index contributed by atoms with van der Waals surface area (Å²) in [6.07, 6.45) is 6.04. The lowest BCUT2D eigenvalue weighted by Gasteiger charge is -2.29. The van der Waals surface area contributed by atoms with Gasteiger partial charge in [0.2, 0.25) is 0 Å². The molecule has 0 unspecified atom stereocenters. The number of hydrogen-bond acceptors (Lipinski definition) is 5. The maximum absolute atomic E-state index is 13.0. The number of fused-ring (bicyclic) bond motifs is 2. The quantitative estimate of drug-likeness (QED) is 0.449. The number of ether oxygens (including phenoxy) is 1. The van der Waals surface area contributed by atoms with Gasteiger partial charge in [0.25, 0.3) is 5.56 Å². The van der Waals surface area contributed by atoms with Gasteiger partial charge in [0.1, 0.15) is 11.2 Å². The molecule has 1 aromatic carbocycles. The second-order valence-electron chi connectivity index (χ2n) is 9.57. The molecule has 0 aliphatic carbocycles. The standard InChI is InChI=1S/C26H27N5O3/c1-26(2,3)34-25(33)30-11-9-17(10-12-30)19-6-8-23-28-21(14-24(32)31(23)16-19)18-5-7-22-20(13-18)15-27-29(22)4/h5-9,13-16H,10-12H2,1-4H3. The van der Waals surface area contributed by atoms with Gasteiger partial charge in [-0.15, -0.1) is 0 Å². The molecule has 0 fully saturated rings. The summed E-state index contributed by atoms with van der Waals surface area (Å²) in [5, 5.41) is 5.28. The van der Waals surface area contributed by atoms with Crippen LogP contribution in [0.3, 0.4) is 0 Å². The minimum atomic E-state index is -0.518. The van der Waals surface area contributed by atoms with Gasteiger partial charge in [-0.2, -0.15) is 5.10 Å². The highest BCUT2D eigenvalue weighted by Gasteiger charge is 2.24. The van der Waals surface area contributed by atoms with E-state index in [0.29, 0.717) is 30.9 Å². The zero-order chi connectivity index (χ0) is 24.0. The van der Waals surface area contributed by atoms with Crippen LogP contribution in [0, 0.1) is 0 Å². The Morgan fingerprint density at radius 3 is 2.62 bits per heavy atom. The lowest BCUT2D eigenvalue weighted by molar-refractivity contribution is 0.0270. The number of aromatic nitrogens is 4. The molecule has 1 aliphatic rings. The molecule has 8 heteroatoms. The normalized spacial score (nSPS) is 14.5. The molecule has 1 aliphatic heterocycles. The number of hydrogen-bond donors (Lipinski definition) is 0. The van der Waals surface area contributed by atoms with E-state index in [1.807, 2.05) is 75.1 Å². The molecule has 4 aromatic rings. The molecule has 0 N–H and O–H groups in total. The average molecular weight is 458 g/mol. The molecule has 0 saturated carbocycles. The van der Waals surface area contributed by atoms with Gasteiger partial charge in [0.05, 0.1) is 17.4 Å². The fraction of sp³-hybridized carbons (Fsp3) is 0.308. The number of aryl methyl sites for hydroxylation is 1. The van der Waals surface area contributed by atoms with E-state index < -0.39 is 5.60 Å². The lowest BCUT2D eigenvalue weighted by Crippen LogP contribution is -2.39. The summed E-state index contributed by atoms with van der Waals surface area (Å²) in [5.74, 6) is 0. The molecule has 0 spiro atoms. The van der Waals surface area contributed by atoms with Crippen LogP contribution >= 0.6 is 0 Å². The summed E-state index contributed by atoms with van der Waals surface area (Å²) in [4.78, 5) is 31.7. The van der Waals surface area contributed by atoms with E-state index in [9.17, 15) is 9.59 Å². The summed E-state index contributed by atoms with van der Waals surface area (Å²) in [6.45, 7) is 6.63. The summed E-state index contributed by atoms with van der Waals surface area (Å²) < 4.78 is 8.85. The van der Waals surface area contributed by atoms with E-state index in [1.165, 1.54) is 0 Å². The number of carbonyl (C=O) groups excluding carboxylic acids is 1. The monoisotopic (exact) mass is 457 g/mol. The molecule has 1 amide bonds. The Balaban J connectivity index is 1.41. The van der Waals surface area contributed by atoms with Gasteiger partial charge < -0.3 is 9.64 Å². The summed E-state index contributed by atoms with van der Waals surface area (Å²) in [5.41, 5.74) is 4.51. The fourth-order valence-corrected chi connectivity index (χ4v) is 4.19. The van der Waals surface area contributed by atoms with Crippen LogP contribution in [0.15, 0.2) is 59.7 Å². The van der Waals surface area contributed by atoms with Crippen molar-refractivity contribution in [2.75, 3.05) is 13.1 Å². The number of benzene rings is 1. The highest BCUT2D eigenvalue weighted by Crippen LogP contribution is 2.25. The highest BCUT2D eigenvalue weighted by molar-refractivity contribution is 5.84. The zero-order valence-corrected chi connectivity index (χ0v) is 19.8. The number of carbonyl (C=O) groups is 1. The predicted molar refractivity (Wildman–Crippen MR) is 132 cm³/mol. The van der Waals surface area contributed by atoms with E-state index >= 15 is 0 Å². The first kappa shape index (κ1) is 21.9. The maximum Gasteiger partial charge on any atom is 0.410 e. The highest BCUT2D eigenvalue weighted by atomic mass is 16.6. The molecule has 34 heavy (non-hydrogen) atoms. The third-order valence-electron chi connectivity index (χ3n) is 5.93. The number of pyridine rings is 1. The second kappa shape index (κ2) is 8.13. The average Bonchev–Trinajstić information content (AvgIpc) is 3.18. The minimum absolute atomic E-state index is 0.139. The Labute approximate surface area is 197 Å². The number of rotatable bonds is 2. The van der Waals surface area contributed by atoms with Gasteiger partial charge in [0.15, 0.2) is 0 Å². The predicted octanol–water partition coefficient (Wildman–Crippen LogP) is 4.27. The van der Waals surface area contributed by atoms with Crippen molar-refractivity contribution in [1.29, 1.82) is 0 Å². The van der Waals surface area contributed by atoms with Gasteiger partial charge >= 0.3 is 6.09 Å². The molecule has 174 valence electrons. The molecular weight excluding hydrogens is 430 g/mol. The van der Waals surface area contributed by atoms with Crippen LogP contribution in [0.1, 0.15) is 32.8 Å². The van der Waals surface area contributed by atoms with E-state index in [2.05, 4.69) is 5.10 Å². The molecule has 8 nitrogen and oxygen atoms in total. The second-order valence-corrected chi connectivity index (χ2v) is 9.57. The van der Waals surface area contributed by atoms with Crippen LogP contribution in [0.5, 0.6) is 0 Å². The molecule has 5 rings (SSSR count). The van der Waals surface area contributed by atoms with Crippen molar-refractivity contribution in [3.8, 4) is 11.3 Å². The van der Waals surface area contributed by atoms with Crippen molar-refractivity contribution in [2.24, 2.45) is 7.05 Å². The van der Waals surface area contributed by atoms with E-state index in [1.54, 1.807) is 21.6 Å². The van der Waals surface area contributed by atoms with Crippen LogP contribution < -0.4 is 5.56 Å². The first-order valence-electron chi connectivity index (χ1n) is 11.3. The van der Waals surface area contributed by atoms with Crippen LogP contribution in [0.4, 0.5) is 4.79 Å². The number of nitrogens with zero attached hydrogens (tertiary/aromatic N) is 5. The molecule has 0 bridgehead atoms. The van der Waals surface area contributed by atoms with Gasteiger partial charge in [-0.05, 0) is 62.6 Å². The van der Waals surface area contributed by atoms with Crippen molar-refractivity contribution in [1.82, 2.24) is 24.1 Å². The SMILES string of the molecule is Cn1ncc2cc(-c3cc(=O)n4cc(C5=CCN(C(=O)OC(C)(C)C)CC5)ccc4n3)ccc21. The van der Waals surface area contributed by atoms with Gasteiger partial charge in [-0.3, -0.25) is 13.9 Å². The van der Waals surface area contributed by atoms with Crippen LogP contribution in [-0.2, 0) is 11.8 Å². The van der Waals surface area contributed by atoms with E-state index in [0.717, 1.165) is 27.6 Å². The zero-order valence-electron chi connectivity index (χ0n) is 19.8. The Kier molecular flexibility index (Phi) is 5.23. The third kappa shape index (κ3) is 4.19. The first-order chi connectivity index (χ1) is 16.2. The molecule has 3 aromatic heterocycles. The Hall–Kier alpha value is -3.94. The molecule has 0 atom stereocenters. The summed E-state index contributed by atoms with van der Waals surface area (Å²) >= 11 is 0. The van der Waals surface area contributed by atoms with E-state index in [4.69, 9.17) is 9.72 Å². The Morgan fingerprint density at radius 2 is 1.88 bits per heavy atom. The van der Waals surface area contributed by atoms with Gasteiger partial charge in [-0.1, -0.05) is 12.1 Å². The van der Waals surface area contributed by atoms with E-state index in [-0.39, 0.29) is 11.7 Å². The van der Waals surface area contributed by atoms with Crippen molar-refractivity contribution < 1.29 is 9.53 Å². The van der Waals surface area contributed by atoms with Crippen molar-refractivity contribution in [3.63, 3.8) is 0 Å². The molecule has 0 radical (unpaired) electrons. The Morgan fingerprint density at radius 1 is 1.09 bits per heavy atom. The van der Waals surface area contributed by atoms with Crippen molar-refractivity contribution in [3.05, 3.63) is 70.8 Å². The largest absolute Gasteiger partial charge is 0.444 e. The Bertz CT molecular complexity index is 1510. The molecule has 4 heterocycles. The van der Waals surface area contributed by atoms with Crippen molar-refractivity contribution >= 4 is 28.2 Å². The first-order valence-corrected chi connectivity index (χ1v) is 11.3. The molecular formula is C26H27N5O3. The summed E-state index contributed by atoms with van der Waals surface area (Å²) in [6, 6.07) is 11.3. The van der Waals surface area contributed by atoms with Gasteiger partial charge in [-0.25, -0.2) is 9.78 Å².